The van der Waals surface area contributed by atoms with E-state index in [1.165, 1.54) is 154 Å². The molecule has 0 aromatic carbocycles. The van der Waals surface area contributed by atoms with Gasteiger partial charge in [-0.25, -0.2) is 4.79 Å². The van der Waals surface area contributed by atoms with Crippen molar-refractivity contribution in [3.63, 3.8) is 0 Å². The maximum Gasteiger partial charge on any atom is 1.00 e. The molecule has 0 spiro atoms. The van der Waals surface area contributed by atoms with E-state index in [-0.39, 0.29) is 36.0 Å². The zero-order chi connectivity index (χ0) is 31.2. The number of carboxylic acid groups (broad SMARTS) is 1. The number of aliphatic carboxylic acids is 1. The van der Waals surface area contributed by atoms with Gasteiger partial charge >= 0.3 is 35.7 Å². The Morgan fingerprint density at radius 2 is 0.814 bits per heavy atom. The van der Waals surface area contributed by atoms with E-state index in [4.69, 9.17) is 10.5 Å². The Morgan fingerprint density at radius 3 is 1.14 bits per heavy atom. The molecule has 0 bridgehead atoms. The van der Waals surface area contributed by atoms with Crippen molar-refractivity contribution >= 4 is 12.1 Å². The Hall–Kier alpha value is -0.520. The number of rotatable bonds is 32. The number of amides is 1. The van der Waals surface area contributed by atoms with Crippen molar-refractivity contribution in [2.45, 2.75) is 206 Å². The third kappa shape index (κ3) is 51.4. The minimum atomic E-state index is -0.914. The molecule has 0 aliphatic carbocycles. The Bertz CT molecular complexity index is 571. The molecule has 5 nitrogen and oxygen atoms in total. The summed E-state index contributed by atoms with van der Waals surface area (Å²) in [5.74, 6) is -0.914. The molecule has 0 atom stereocenters. The van der Waals surface area contributed by atoms with Gasteiger partial charge in [-0.3, -0.25) is 0 Å². The number of carboxylic acids is 1. The second-order valence-electron chi connectivity index (χ2n) is 12.2. The topological polar surface area (TPSA) is 92.4 Å². The van der Waals surface area contributed by atoms with Crippen molar-refractivity contribution < 1.29 is 49.0 Å². The van der Waals surface area contributed by atoms with Crippen LogP contribution in [-0.4, -0.2) is 18.7 Å². The fourth-order valence-electron chi connectivity index (χ4n) is 5.16. The van der Waals surface area contributed by atoms with Gasteiger partial charge in [0.2, 0.25) is 0 Å². The van der Waals surface area contributed by atoms with E-state index < -0.39 is 12.1 Å². The zero-order valence-electron chi connectivity index (χ0n) is 29.3. The van der Waals surface area contributed by atoms with Crippen LogP contribution in [-0.2, 0) is 9.53 Å². The van der Waals surface area contributed by atoms with E-state index in [2.05, 4.69) is 26.0 Å². The fraction of sp³-hybridized carbons (Fsp3) is 0.892. The number of unbranched alkanes of at least 4 members (excludes halogenated alkanes) is 26. The molecule has 0 rings (SSSR count). The molecular formula is C37H72NNaO4. The van der Waals surface area contributed by atoms with Crippen LogP contribution in [0.4, 0.5) is 4.79 Å². The Morgan fingerprint density at radius 1 is 0.512 bits per heavy atom. The first-order valence-corrected chi connectivity index (χ1v) is 18.3. The van der Waals surface area contributed by atoms with E-state index >= 15 is 0 Å². The molecule has 0 aromatic rings. The summed E-state index contributed by atoms with van der Waals surface area (Å²) in [5.41, 5.74) is 4.90. The second-order valence-corrected chi connectivity index (χ2v) is 12.2. The first-order valence-electron chi connectivity index (χ1n) is 18.3. The van der Waals surface area contributed by atoms with Crippen LogP contribution in [0.5, 0.6) is 0 Å². The summed E-state index contributed by atoms with van der Waals surface area (Å²) in [6.07, 6.45) is 41.9. The Balaban J connectivity index is -0.000000730. The van der Waals surface area contributed by atoms with Crippen molar-refractivity contribution in [3.8, 4) is 0 Å². The van der Waals surface area contributed by atoms with Crippen LogP contribution in [0.15, 0.2) is 12.2 Å². The summed E-state index contributed by atoms with van der Waals surface area (Å²) in [4.78, 5) is 20.6. The van der Waals surface area contributed by atoms with Crippen LogP contribution in [0.2, 0.25) is 0 Å². The van der Waals surface area contributed by atoms with Crippen LogP contribution in [0.1, 0.15) is 206 Å². The van der Waals surface area contributed by atoms with Crippen molar-refractivity contribution in [2.24, 2.45) is 5.73 Å². The smallest absolute Gasteiger partial charge is 0.550 e. The molecule has 0 saturated carbocycles. The van der Waals surface area contributed by atoms with Gasteiger partial charge in [-0.05, 0) is 44.9 Å². The van der Waals surface area contributed by atoms with E-state index in [1.807, 2.05) is 0 Å². The molecule has 0 aliphatic rings. The van der Waals surface area contributed by atoms with Crippen LogP contribution >= 0.6 is 0 Å². The van der Waals surface area contributed by atoms with E-state index in [1.54, 1.807) is 0 Å². The van der Waals surface area contributed by atoms with E-state index in [9.17, 15) is 14.7 Å². The molecule has 250 valence electrons. The SMILES string of the molecule is CCCCCCCCC=CCCCCCCCC(=O)[O-].CCCCCCCCCCCCCCCCCCOC(N)=O.[Na+]. The summed E-state index contributed by atoms with van der Waals surface area (Å²) in [7, 11) is 0. The molecule has 0 aliphatic heterocycles. The van der Waals surface area contributed by atoms with Gasteiger partial charge in [0.05, 0.1) is 6.61 Å². The number of carbonyl (C=O) groups is 2. The normalized spacial score (nSPS) is 10.7. The van der Waals surface area contributed by atoms with Gasteiger partial charge < -0.3 is 20.4 Å². The number of allylic oxidation sites excluding steroid dienone is 2. The second kappa shape index (κ2) is 43.6. The van der Waals surface area contributed by atoms with Crippen LogP contribution in [0.3, 0.4) is 0 Å². The maximum atomic E-state index is 10.4. The minimum Gasteiger partial charge on any atom is -0.550 e. The van der Waals surface area contributed by atoms with Gasteiger partial charge in [0.1, 0.15) is 0 Å². The summed E-state index contributed by atoms with van der Waals surface area (Å²) in [5, 5.41) is 10.2. The summed E-state index contributed by atoms with van der Waals surface area (Å²) >= 11 is 0. The third-order valence-electron chi connectivity index (χ3n) is 7.88. The number of hydrogen-bond donors (Lipinski definition) is 1. The molecule has 43 heavy (non-hydrogen) atoms. The fourth-order valence-corrected chi connectivity index (χ4v) is 5.16. The quantitative estimate of drug-likeness (QED) is 0.0469. The van der Waals surface area contributed by atoms with Crippen molar-refractivity contribution in [1.29, 1.82) is 0 Å². The van der Waals surface area contributed by atoms with Crippen molar-refractivity contribution in [2.75, 3.05) is 6.61 Å². The van der Waals surface area contributed by atoms with Crippen LogP contribution in [0, 0.1) is 0 Å². The first kappa shape index (κ1) is 46.9. The standard InChI is InChI=1S/C19H39NO2.C18H34O2.Na/c1-2-3-4-5-6-7-8-9-10-11-12-13-14-15-16-17-18-22-19(20)21;1-2-3-4-5-6-7-8-9-10-11-12-13-14-15-16-17-18(19)20;/h2-18H2,1H3,(H2,20,21);9-10H,2-8,11-17H2,1H3,(H,19,20);/q;;+1/p-1. The zero-order valence-corrected chi connectivity index (χ0v) is 31.3. The molecule has 0 fully saturated rings. The van der Waals surface area contributed by atoms with E-state index in [0.29, 0.717) is 6.61 Å². The van der Waals surface area contributed by atoms with Crippen LogP contribution < -0.4 is 40.4 Å². The predicted molar refractivity (Wildman–Crippen MR) is 180 cm³/mol. The summed E-state index contributed by atoms with van der Waals surface area (Å²) in [6.45, 7) is 5.01. The van der Waals surface area contributed by atoms with Gasteiger partial charge in [0, 0.05) is 5.97 Å². The molecule has 1 amide bonds. The molecule has 0 unspecified atom stereocenters. The monoisotopic (exact) mass is 618 g/mol. The summed E-state index contributed by atoms with van der Waals surface area (Å²) < 4.78 is 4.70. The molecular weight excluding hydrogens is 545 g/mol. The van der Waals surface area contributed by atoms with Gasteiger partial charge in [-0.15, -0.1) is 0 Å². The molecule has 6 heteroatoms. The van der Waals surface area contributed by atoms with Gasteiger partial charge in [-0.2, -0.15) is 0 Å². The van der Waals surface area contributed by atoms with Crippen LogP contribution in [0.25, 0.3) is 0 Å². The largest absolute Gasteiger partial charge is 1.00 e. The number of nitrogens with two attached hydrogens (primary N) is 1. The van der Waals surface area contributed by atoms with E-state index in [0.717, 1.165) is 32.1 Å². The van der Waals surface area contributed by atoms with Gasteiger partial charge in [0.25, 0.3) is 0 Å². The average Bonchev–Trinajstić information content (AvgIpc) is 2.97. The number of primary amides is 1. The molecule has 0 radical (unpaired) electrons. The third-order valence-corrected chi connectivity index (χ3v) is 7.88. The van der Waals surface area contributed by atoms with Gasteiger partial charge in [-0.1, -0.05) is 174 Å². The van der Waals surface area contributed by atoms with Crippen molar-refractivity contribution in [1.82, 2.24) is 0 Å². The Kier molecular flexibility index (Phi) is 47.6. The maximum absolute atomic E-state index is 10.4. The minimum absolute atomic E-state index is 0. The predicted octanol–water partition coefficient (Wildman–Crippen LogP) is 8.12. The number of ether oxygens (including phenoxy) is 1. The number of hydrogen-bond acceptors (Lipinski definition) is 4. The Labute approximate surface area is 290 Å². The molecule has 0 aromatic heterocycles. The molecule has 0 heterocycles. The summed E-state index contributed by atoms with van der Waals surface area (Å²) in [6, 6.07) is 0. The first-order chi connectivity index (χ1) is 20.5. The van der Waals surface area contributed by atoms with Crippen molar-refractivity contribution in [3.05, 3.63) is 12.2 Å². The average molecular weight is 618 g/mol. The molecule has 2 N–H and O–H groups in total. The van der Waals surface area contributed by atoms with Gasteiger partial charge in [0.15, 0.2) is 0 Å². The number of carbonyl (C=O) groups excluding carboxylic acids is 2. The molecule has 0 saturated heterocycles.